The number of aliphatic carboxylic acids is 1. The molecule has 15 N–H and O–H groups in total. The summed E-state index contributed by atoms with van der Waals surface area (Å²) in [7, 11) is 0. The number of carbonyl (C=O) groups is 5. The Hall–Kier alpha value is -3.65. The second-order valence-corrected chi connectivity index (χ2v) is 18.9. The van der Waals surface area contributed by atoms with Crippen molar-refractivity contribution in [3.05, 3.63) is 0 Å². The second kappa shape index (κ2) is 33.1. The fourth-order valence-electron chi connectivity index (χ4n) is 7.75. The van der Waals surface area contributed by atoms with Gasteiger partial charge in [-0.2, -0.15) is 0 Å². The summed E-state index contributed by atoms with van der Waals surface area (Å²) in [5, 5.41) is 123. The van der Waals surface area contributed by atoms with Crippen LogP contribution < -0.4 is 21.3 Å². The van der Waals surface area contributed by atoms with Crippen molar-refractivity contribution in [2.45, 2.75) is 163 Å². The minimum Gasteiger partial charge on any atom is -0.477 e. The third-order valence-corrected chi connectivity index (χ3v) is 11.7. The molecule has 3 aliphatic heterocycles. The van der Waals surface area contributed by atoms with E-state index in [0.29, 0.717) is 0 Å². The largest absolute Gasteiger partial charge is 0.477 e. The first-order valence-electron chi connectivity index (χ1n) is 24.8. The second-order valence-electron chi connectivity index (χ2n) is 18.9. The molecule has 17 atom stereocenters. The molecule has 3 heterocycles. The van der Waals surface area contributed by atoms with Crippen LogP contribution in [0.4, 0.5) is 4.79 Å². The summed E-state index contributed by atoms with van der Waals surface area (Å²) in [4.78, 5) is 62.8. The van der Waals surface area contributed by atoms with Crippen LogP contribution in [-0.4, -0.2) is 288 Å². The van der Waals surface area contributed by atoms with Gasteiger partial charge in [0.15, 0.2) is 12.6 Å². The molecule has 0 saturated carbocycles. The van der Waals surface area contributed by atoms with E-state index in [0.717, 1.165) is 6.92 Å². The Morgan fingerprint density at radius 3 is 1.82 bits per heavy atom. The smallest absolute Gasteiger partial charge is 0.408 e. The van der Waals surface area contributed by atoms with E-state index in [1.165, 1.54) is 6.92 Å². The van der Waals surface area contributed by atoms with E-state index in [2.05, 4.69) is 21.3 Å². The molecule has 0 unspecified atom stereocenters. The molecule has 31 heteroatoms. The molecule has 4 amide bonds. The minimum atomic E-state index is -2.95. The van der Waals surface area contributed by atoms with E-state index in [4.69, 9.17) is 52.1 Å². The predicted octanol–water partition coefficient (Wildman–Crippen LogP) is -7.21. The molecule has 3 aliphatic rings. The van der Waals surface area contributed by atoms with Crippen molar-refractivity contribution in [1.29, 1.82) is 0 Å². The van der Waals surface area contributed by atoms with Crippen LogP contribution in [0.2, 0.25) is 0 Å². The van der Waals surface area contributed by atoms with Gasteiger partial charge in [-0.1, -0.05) is 0 Å². The average Bonchev–Trinajstić information content (AvgIpc) is 3.35. The topological polar surface area (TPSA) is 458 Å². The number of rotatable bonds is 33. The molecule has 0 bridgehead atoms. The van der Waals surface area contributed by atoms with Crippen molar-refractivity contribution in [2.75, 3.05) is 92.4 Å². The molecule has 0 spiro atoms. The van der Waals surface area contributed by atoms with Crippen molar-refractivity contribution in [3.8, 4) is 0 Å². The molecule has 3 fully saturated rings. The van der Waals surface area contributed by atoms with Crippen LogP contribution >= 0.6 is 0 Å². The number of aliphatic hydroxyl groups is 10. The number of hydrogen-bond acceptors (Lipinski definition) is 26. The van der Waals surface area contributed by atoms with Gasteiger partial charge < -0.3 is 130 Å². The maximum absolute atomic E-state index is 13.0. The van der Waals surface area contributed by atoms with Gasteiger partial charge in [-0.15, -0.1) is 0 Å². The molecule has 3 rings (SSSR count). The van der Waals surface area contributed by atoms with Gasteiger partial charge in [0.05, 0.1) is 97.5 Å². The zero-order valence-corrected chi connectivity index (χ0v) is 43.2. The Bertz CT molecular complexity index is 1750. The lowest BCUT2D eigenvalue weighted by Gasteiger charge is -2.49. The normalized spacial score (nSPS) is 31.1. The molecule has 76 heavy (non-hydrogen) atoms. The van der Waals surface area contributed by atoms with Gasteiger partial charge in [0, 0.05) is 32.9 Å². The van der Waals surface area contributed by atoms with Crippen molar-refractivity contribution >= 4 is 29.8 Å². The zero-order valence-electron chi connectivity index (χ0n) is 43.2. The highest BCUT2D eigenvalue weighted by atomic mass is 16.8. The van der Waals surface area contributed by atoms with Crippen LogP contribution in [-0.2, 0) is 71.3 Å². The Labute approximate surface area is 438 Å². The summed E-state index contributed by atoms with van der Waals surface area (Å²) >= 11 is 0. The summed E-state index contributed by atoms with van der Waals surface area (Å²) in [5.41, 5.74) is -0.865. The van der Waals surface area contributed by atoms with Crippen LogP contribution in [0, 0.1) is 0 Å². The van der Waals surface area contributed by atoms with Crippen LogP contribution in [0.1, 0.15) is 53.9 Å². The van der Waals surface area contributed by atoms with Gasteiger partial charge in [0.1, 0.15) is 72.7 Å². The van der Waals surface area contributed by atoms with E-state index >= 15 is 0 Å². The number of carboxylic acid groups (broad SMARTS) is 1. The predicted molar refractivity (Wildman–Crippen MR) is 251 cm³/mol. The number of carbonyl (C=O) groups excluding carboxylic acids is 4. The lowest BCUT2D eigenvalue weighted by atomic mass is 9.88. The van der Waals surface area contributed by atoms with Crippen molar-refractivity contribution in [1.82, 2.24) is 21.3 Å². The van der Waals surface area contributed by atoms with Gasteiger partial charge in [0.2, 0.25) is 17.7 Å². The summed E-state index contributed by atoms with van der Waals surface area (Å²) in [6.45, 7) is 6.06. The van der Waals surface area contributed by atoms with Crippen molar-refractivity contribution < 1.29 is 132 Å². The molecular weight excluding hydrogens is 1030 g/mol. The molecular formula is C45H80N4O27. The number of alkyl carbamates (subject to hydrolysis) is 1. The van der Waals surface area contributed by atoms with E-state index < -0.39 is 159 Å². The fraction of sp³-hybridized carbons (Fsp3) is 0.889. The highest BCUT2D eigenvalue weighted by molar-refractivity contribution is 5.86. The minimum absolute atomic E-state index is 0.0255. The molecule has 31 nitrogen and oxygen atoms in total. The molecule has 0 aliphatic carbocycles. The SMILES string of the molecule is CC(=O)N[C@H]1[C@H]([C@H](O)[C@H](O)CO)O[C@@](O[C@H]2[C@@H](O)[C@@H](CO)O[C@@H](OCCOCCOCCNC(=O)CC[C@H](NC(=O)OC(C)(C)C)C(=O)NCCOCCOCCO[C@@H]3O[C@@H](C)[C@@H](O)[C@@H](O)[C@@H]3O)[C@@H]2O)(C(=O)O)C[C@@H]1O. The number of amides is 4. The molecule has 3 saturated heterocycles. The van der Waals surface area contributed by atoms with E-state index in [1.807, 2.05) is 0 Å². The van der Waals surface area contributed by atoms with Crippen molar-refractivity contribution in [2.24, 2.45) is 0 Å². The fourth-order valence-corrected chi connectivity index (χ4v) is 7.75. The quantitative estimate of drug-likeness (QED) is 0.0272. The first-order chi connectivity index (χ1) is 35.9. The summed E-state index contributed by atoms with van der Waals surface area (Å²) in [5.74, 6) is -6.63. The summed E-state index contributed by atoms with van der Waals surface area (Å²) in [6.07, 6.45) is -24.8. The van der Waals surface area contributed by atoms with Gasteiger partial charge in [-0.3, -0.25) is 14.4 Å². The van der Waals surface area contributed by atoms with Crippen LogP contribution in [0.25, 0.3) is 0 Å². The molecule has 0 aromatic carbocycles. The lowest BCUT2D eigenvalue weighted by Crippen LogP contribution is -2.70. The Kier molecular flexibility index (Phi) is 29.0. The first-order valence-corrected chi connectivity index (χ1v) is 24.8. The van der Waals surface area contributed by atoms with E-state index in [-0.39, 0.29) is 92.0 Å². The highest BCUT2D eigenvalue weighted by Gasteiger charge is 2.59. The lowest BCUT2D eigenvalue weighted by molar-refractivity contribution is -0.370. The maximum atomic E-state index is 13.0. The van der Waals surface area contributed by atoms with Gasteiger partial charge >= 0.3 is 12.1 Å². The average molecular weight is 1110 g/mol. The first kappa shape index (κ1) is 66.6. The number of aliphatic hydroxyl groups excluding tert-OH is 10. The summed E-state index contributed by atoms with van der Waals surface area (Å²) in [6, 6.07) is -2.66. The standard InChI is InChI=1S/C45H80N4O27/c1-23-31(56)34(59)35(60)40(72-23)70-18-16-68-15-13-67-11-9-47-39(62)25(49-43(65)76-44(3,4)5)6-7-29(55)46-8-10-66-12-14-69-17-19-71-41-36(61)38(33(58)28(22-51)73-41)75-45(42(63)64)20-26(53)30(48-24(2)52)37(74-45)32(57)27(54)21-50/h23,25-28,30-38,40-41,50-51,53-54,56-61H,6-22H2,1-5H3,(H,46,55)(H,47,62)(H,48,52)(H,49,65)(H,63,64)/t23-,25-,26-,27+,28+,30+,31+,32+,33-,34+,35-,36+,37+,38-,40+,41+,45-/m0/s1. The summed E-state index contributed by atoms with van der Waals surface area (Å²) < 4.78 is 60.1. The Morgan fingerprint density at radius 1 is 0.724 bits per heavy atom. The third-order valence-electron chi connectivity index (χ3n) is 11.7. The molecule has 0 radical (unpaired) electrons. The van der Waals surface area contributed by atoms with Gasteiger partial charge in [-0.25, -0.2) is 9.59 Å². The van der Waals surface area contributed by atoms with Gasteiger partial charge in [-0.05, 0) is 34.1 Å². The van der Waals surface area contributed by atoms with E-state index in [1.54, 1.807) is 20.8 Å². The monoisotopic (exact) mass is 1110 g/mol. The van der Waals surface area contributed by atoms with Gasteiger partial charge in [0.25, 0.3) is 5.79 Å². The van der Waals surface area contributed by atoms with E-state index in [9.17, 15) is 80.1 Å². The number of ether oxygens (including phenoxy) is 11. The number of nitrogens with one attached hydrogen (secondary N) is 4. The number of carboxylic acids is 1. The van der Waals surface area contributed by atoms with Crippen LogP contribution in [0.5, 0.6) is 0 Å². The van der Waals surface area contributed by atoms with Crippen LogP contribution in [0.3, 0.4) is 0 Å². The van der Waals surface area contributed by atoms with Crippen LogP contribution in [0.15, 0.2) is 0 Å². The molecule has 442 valence electrons. The van der Waals surface area contributed by atoms with Crippen molar-refractivity contribution in [3.63, 3.8) is 0 Å². The maximum Gasteiger partial charge on any atom is 0.408 e. The zero-order chi connectivity index (χ0) is 56.8. The highest BCUT2D eigenvalue weighted by Crippen LogP contribution is 2.37. The molecule has 0 aromatic heterocycles. The third kappa shape index (κ3) is 21.5. The number of hydrogen-bond donors (Lipinski definition) is 15. The Morgan fingerprint density at radius 2 is 1.28 bits per heavy atom. The molecule has 0 aromatic rings. The Balaban J connectivity index is 1.36.